The first-order valence-electron chi connectivity index (χ1n) is 11.7. The van der Waals surface area contributed by atoms with E-state index in [4.69, 9.17) is 14.2 Å². The Labute approximate surface area is 192 Å². The molecule has 0 spiro atoms. The highest BCUT2D eigenvalue weighted by molar-refractivity contribution is 5.73. The first-order valence-corrected chi connectivity index (χ1v) is 11.7. The number of amides is 1. The number of unbranched alkanes of at least 4 members (excludes halogenated alkanes) is 4. The molecule has 1 amide bonds. The van der Waals surface area contributed by atoms with Crippen LogP contribution in [0.15, 0.2) is 48.5 Å². The minimum atomic E-state index is -0.640. The van der Waals surface area contributed by atoms with E-state index in [1.54, 1.807) is 14.2 Å². The molecule has 1 aliphatic rings. The van der Waals surface area contributed by atoms with Crippen molar-refractivity contribution in [1.29, 1.82) is 0 Å². The summed E-state index contributed by atoms with van der Waals surface area (Å²) in [6, 6.07) is 15.7. The zero-order valence-corrected chi connectivity index (χ0v) is 20.1. The fourth-order valence-electron chi connectivity index (χ4n) is 4.76. The molecule has 3 rings (SSSR count). The molecule has 2 aromatic rings. The molecule has 174 valence electrons. The van der Waals surface area contributed by atoms with Gasteiger partial charge in [0.05, 0.1) is 20.3 Å². The van der Waals surface area contributed by atoms with Crippen LogP contribution in [0.1, 0.15) is 82.5 Å². The highest BCUT2D eigenvalue weighted by atomic mass is 16.6. The first kappa shape index (κ1) is 24.0. The Morgan fingerprint density at radius 3 is 2.38 bits per heavy atom. The monoisotopic (exact) mass is 439 g/mol. The van der Waals surface area contributed by atoms with Crippen molar-refractivity contribution in [2.24, 2.45) is 0 Å². The molecular weight excluding hydrogens is 402 g/mol. The van der Waals surface area contributed by atoms with Crippen molar-refractivity contribution in [3.05, 3.63) is 59.7 Å². The Kier molecular flexibility index (Phi) is 8.05. The molecule has 1 aliphatic heterocycles. The number of benzene rings is 2. The van der Waals surface area contributed by atoms with Gasteiger partial charge in [0.25, 0.3) is 0 Å². The summed E-state index contributed by atoms with van der Waals surface area (Å²) < 4.78 is 17.1. The van der Waals surface area contributed by atoms with Crippen molar-refractivity contribution in [2.45, 2.75) is 77.0 Å². The average molecular weight is 440 g/mol. The smallest absolute Gasteiger partial charge is 0.411 e. The van der Waals surface area contributed by atoms with Crippen molar-refractivity contribution in [1.82, 2.24) is 4.90 Å². The molecule has 5 nitrogen and oxygen atoms in total. The minimum absolute atomic E-state index is 0.156. The molecule has 1 fully saturated rings. The van der Waals surface area contributed by atoms with Gasteiger partial charge in [-0.25, -0.2) is 4.79 Å². The predicted molar refractivity (Wildman–Crippen MR) is 127 cm³/mol. The van der Waals surface area contributed by atoms with E-state index < -0.39 is 5.60 Å². The van der Waals surface area contributed by atoms with Crippen molar-refractivity contribution >= 4 is 6.09 Å². The summed E-state index contributed by atoms with van der Waals surface area (Å²) in [5.74, 6) is 1.46. The van der Waals surface area contributed by atoms with Crippen LogP contribution in [-0.4, -0.2) is 30.8 Å². The fourth-order valence-corrected chi connectivity index (χ4v) is 4.76. The molecular formula is C27H37NO4. The van der Waals surface area contributed by atoms with Gasteiger partial charge in [-0.2, -0.15) is 0 Å². The van der Waals surface area contributed by atoms with Crippen molar-refractivity contribution in [2.75, 3.05) is 14.2 Å². The molecule has 0 bridgehead atoms. The van der Waals surface area contributed by atoms with Crippen LogP contribution in [0.25, 0.3) is 0 Å². The van der Waals surface area contributed by atoms with E-state index in [9.17, 15) is 4.79 Å². The second kappa shape index (κ2) is 10.8. The minimum Gasteiger partial charge on any atom is -0.497 e. The Hall–Kier alpha value is -2.69. The molecule has 1 heterocycles. The Balaban J connectivity index is 2.02. The largest absolute Gasteiger partial charge is 0.497 e. The third-order valence-corrected chi connectivity index (χ3v) is 6.33. The van der Waals surface area contributed by atoms with Crippen molar-refractivity contribution < 1.29 is 19.0 Å². The van der Waals surface area contributed by atoms with Gasteiger partial charge >= 0.3 is 6.09 Å². The maximum absolute atomic E-state index is 13.3. The van der Waals surface area contributed by atoms with Crippen LogP contribution in [0.3, 0.4) is 0 Å². The standard InChI is InChI=1S/C27H37NO4/c1-6-7-8-9-13-16-23(22-18-17-21(30-4)19-24(22)31-5)28-25(20-14-11-10-12-15-20)27(2,3)32-26(28)29/h10-12,14-15,17-19,23,25H,6-9,13,16H2,1-5H3/t23-,25+/m0/s1. The van der Waals surface area contributed by atoms with E-state index in [0.717, 1.165) is 41.9 Å². The normalized spacial score (nSPS) is 18.3. The van der Waals surface area contributed by atoms with Crippen LogP contribution in [0, 0.1) is 0 Å². The number of nitrogens with zero attached hydrogens (tertiary/aromatic N) is 1. The van der Waals surface area contributed by atoms with Gasteiger partial charge in [-0.15, -0.1) is 0 Å². The van der Waals surface area contributed by atoms with Gasteiger partial charge in [-0.3, -0.25) is 4.90 Å². The van der Waals surface area contributed by atoms with E-state index in [1.807, 2.05) is 55.1 Å². The molecule has 2 aromatic carbocycles. The number of hydrogen-bond donors (Lipinski definition) is 0. The van der Waals surface area contributed by atoms with Crippen molar-refractivity contribution in [3.63, 3.8) is 0 Å². The average Bonchev–Trinajstić information content (AvgIpc) is 3.04. The number of hydrogen-bond acceptors (Lipinski definition) is 4. The molecule has 0 radical (unpaired) electrons. The summed E-state index contributed by atoms with van der Waals surface area (Å²) in [7, 11) is 3.31. The lowest BCUT2D eigenvalue weighted by molar-refractivity contribution is 0.0668. The quantitative estimate of drug-likeness (QED) is 0.351. The Bertz CT molecular complexity index is 880. The van der Waals surface area contributed by atoms with Crippen LogP contribution in [-0.2, 0) is 4.74 Å². The summed E-state index contributed by atoms with van der Waals surface area (Å²) in [5.41, 5.74) is 1.42. The lowest BCUT2D eigenvalue weighted by atomic mass is 9.88. The summed E-state index contributed by atoms with van der Waals surface area (Å²) in [5, 5.41) is 0. The predicted octanol–water partition coefficient (Wildman–Crippen LogP) is 7.08. The number of carbonyl (C=O) groups is 1. The van der Waals surface area contributed by atoms with Crippen molar-refractivity contribution in [3.8, 4) is 11.5 Å². The number of ether oxygens (including phenoxy) is 3. The number of cyclic esters (lactones) is 1. The SMILES string of the molecule is CCCCCCC[C@@H](c1ccc(OC)cc1OC)N1C(=O)OC(C)(C)[C@H]1c1ccccc1. The maximum Gasteiger partial charge on any atom is 0.411 e. The van der Waals surface area contributed by atoms with Gasteiger partial charge in [-0.05, 0) is 38.0 Å². The molecule has 1 saturated heterocycles. The van der Waals surface area contributed by atoms with E-state index in [2.05, 4.69) is 19.1 Å². The van der Waals surface area contributed by atoms with Gasteiger partial charge in [0.15, 0.2) is 0 Å². The van der Waals surface area contributed by atoms with E-state index in [-0.39, 0.29) is 18.2 Å². The molecule has 2 atom stereocenters. The van der Waals surface area contributed by atoms with E-state index in [0.29, 0.717) is 0 Å². The van der Waals surface area contributed by atoms with Crippen LogP contribution in [0.2, 0.25) is 0 Å². The Morgan fingerprint density at radius 1 is 1.00 bits per heavy atom. The van der Waals surface area contributed by atoms with Crippen LogP contribution >= 0.6 is 0 Å². The van der Waals surface area contributed by atoms with Crippen LogP contribution < -0.4 is 9.47 Å². The summed E-state index contributed by atoms with van der Waals surface area (Å²) in [6.45, 7) is 6.20. The van der Waals surface area contributed by atoms with Crippen LogP contribution in [0.4, 0.5) is 4.79 Å². The van der Waals surface area contributed by atoms with Gasteiger partial charge in [0, 0.05) is 11.6 Å². The third-order valence-electron chi connectivity index (χ3n) is 6.33. The fraction of sp³-hybridized carbons (Fsp3) is 0.519. The molecule has 0 aliphatic carbocycles. The van der Waals surface area contributed by atoms with E-state index >= 15 is 0 Å². The number of methoxy groups -OCH3 is 2. The number of rotatable bonds is 11. The first-order chi connectivity index (χ1) is 15.4. The zero-order chi connectivity index (χ0) is 23.1. The molecule has 0 aromatic heterocycles. The highest BCUT2D eigenvalue weighted by Gasteiger charge is 2.51. The molecule has 5 heteroatoms. The van der Waals surface area contributed by atoms with Gasteiger partial charge < -0.3 is 14.2 Å². The third kappa shape index (κ3) is 5.20. The zero-order valence-electron chi connectivity index (χ0n) is 20.1. The lowest BCUT2D eigenvalue weighted by Gasteiger charge is -2.35. The topological polar surface area (TPSA) is 48.0 Å². The lowest BCUT2D eigenvalue weighted by Crippen LogP contribution is -2.36. The van der Waals surface area contributed by atoms with Gasteiger partial charge in [0.1, 0.15) is 23.1 Å². The molecule has 0 saturated carbocycles. The second-order valence-electron chi connectivity index (χ2n) is 9.02. The summed E-state index contributed by atoms with van der Waals surface area (Å²) in [4.78, 5) is 15.2. The maximum atomic E-state index is 13.3. The molecule has 0 unspecified atom stereocenters. The Morgan fingerprint density at radius 2 is 1.72 bits per heavy atom. The second-order valence-corrected chi connectivity index (χ2v) is 9.02. The summed E-state index contributed by atoms with van der Waals surface area (Å²) in [6.07, 6.45) is 6.40. The van der Waals surface area contributed by atoms with E-state index in [1.165, 1.54) is 19.3 Å². The van der Waals surface area contributed by atoms with Crippen LogP contribution in [0.5, 0.6) is 11.5 Å². The van der Waals surface area contributed by atoms with Gasteiger partial charge in [0.2, 0.25) is 0 Å². The number of carbonyl (C=O) groups excluding carboxylic acids is 1. The van der Waals surface area contributed by atoms with Gasteiger partial charge in [-0.1, -0.05) is 69.4 Å². The molecule has 0 N–H and O–H groups in total. The summed E-state index contributed by atoms with van der Waals surface area (Å²) >= 11 is 0. The highest BCUT2D eigenvalue weighted by Crippen LogP contribution is 2.48. The molecule has 32 heavy (non-hydrogen) atoms.